The minimum absolute atomic E-state index is 0.0402. The van der Waals surface area contributed by atoms with E-state index in [4.69, 9.17) is 16.3 Å². The Balaban J connectivity index is 1.20. The maximum absolute atomic E-state index is 13.0. The standard InChI is InChI=1S/C25H35ClN4O4/c1-24(2,3)29-22(31)19-8-17(26)12-27-21(19)28-18-4-5-30(13-18)23(32)34-20-15-6-14-7-16(20)11-25(33,9-14)10-15/h8,12,14-16,18,20,33H,4-7,9-11,13H2,1-3H3,(H,27,28)(H,29,31). The van der Waals surface area contributed by atoms with Crippen molar-refractivity contribution in [3.05, 3.63) is 22.8 Å². The van der Waals surface area contributed by atoms with Gasteiger partial charge in [0.25, 0.3) is 5.91 Å². The number of carbonyl (C=O) groups is 2. The zero-order chi connectivity index (χ0) is 24.3. The molecule has 186 valence electrons. The Morgan fingerprint density at radius 3 is 2.59 bits per heavy atom. The molecule has 3 atom stereocenters. The molecule has 0 radical (unpaired) electrons. The number of hydrogen-bond acceptors (Lipinski definition) is 6. The smallest absolute Gasteiger partial charge is 0.410 e. The number of likely N-dealkylation sites (tertiary alicyclic amines) is 1. The molecule has 4 bridgehead atoms. The van der Waals surface area contributed by atoms with Gasteiger partial charge in [0, 0.05) is 30.9 Å². The van der Waals surface area contributed by atoms with Crippen LogP contribution in [0.1, 0.15) is 69.7 Å². The van der Waals surface area contributed by atoms with Gasteiger partial charge in [-0.25, -0.2) is 9.78 Å². The van der Waals surface area contributed by atoms with E-state index in [1.165, 1.54) is 6.20 Å². The van der Waals surface area contributed by atoms with E-state index >= 15 is 0 Å². The minimum atomic E-state index is -0.537. The van der Waals surface area contributed by atoms with Crippen LogP contribution in [0.4, 0.5) is 10.6 Å². The molecule has 1 aliphatic heterocycles. The van der Waals surface area contributed by atoms with Crippen LogP contribution in [0.5, 0.6) is 0 Å². The average molecular weight is 491 g/mol. The van der Waals surface area contributed by atoms with Gasteiger partial charge in [-0.2, -0.15) is 0 Å². The highest BCUT2D eigenvalue weighted by Crippen LogP contribution is 2.56. The fourth-order valence-electron chi connectivity index (χ4n) is 6.69. The summed E-state index contributed by atoms with van der Waals surface area (Å²) in [6.45, 7) is 6.82. The molecule has 0 aromatic carbocycles. The van der Waals surface area contributed by atoms with Gasteiger partial charge in [-0.15, -0.1) is 0 Å². The van der Waals surface area contributed by atoms with Crippen LogP contribution in [0, 0.1) is 17.8 Å². The van der Waals surface area contributed by atoms with Crippen LogP contribution < -0.4 is 10.6 Å². The Kier molecular flexibility index (Phi) is 5.96. The molecule has 3 N–H and O–H groups in total. The fraction of sp³-hybridized carbons (Fsp3) is 0.720. The molecule has 5 aliphatic rings. The van der Waals surface area contributed by atoms with Crippen LogP contribution in [-0.2, 0) is 4.74 Å². The molecule has 2 amide bonds. The number of pyridine rings is 1. The molecule has 8 nitrogen and oxygen atoms in total. The molecular formula is C25H35ClN4O4. The van der Waals surface area contributed by atoms with Crippen LogP contribution in [0.3, 0.4) is 0 Å². The van der Waals surface area contributed by atoms with Crippen molar-refractivity contribution in [2.75, 3.05) is 18.4 Å². The van der Waals surface area contributed by atoms with E-state index in [-0.39, 0.29) is 36.0 Å². The monoisotopic (exact) mass is 490 g/mol. The number of amides is 2. The van der Waals surface area contributed by atoms with Crippen LogP contribution in [0.25, 0.3) is 0 Å². The molecule has 9 heteroatoms. The van der Waals surface area contributed by atoms with Gasteiger partial charge in [0.2, 0.25) is 0 Å². The van der Waals surface area contributed by atoms with Gasteiger partial charge in [0.05, 0.1) is 16.2 Å². The van der Waals surface area contributed by atoms with Crippen LogP contribution in [0.2, 0.25) is 5.02 Å². The van der Waals surface area contributed by atoms with Crippen molar-refractivity contribution in [1.29, 1.82) is 0 Å². The number of nitrogens with one attached hydrogen (secondary N) is 2. The van der Waals surface area contributed by atoms with Crippen molar-refractivity contribution >= 4 is 29.4 Å². The highest BCUT2D eigenvalue weighted by Gasteiger charge is 2.56. The molecule has 3 unspecified atom stereocenters. The fourth-order valence-corrected chi connectivity index (χ4v) is 6.85. The van der Waals surface area contributed by atoms with Crippen LogP contribution >= 0.6 is 11.6 Å². The quantitative estimate of drug-likeness (QED) is 0.592. The van der Waals surface area contributed by atoms with Gasteiger partial charge in [-0.05, 0) is 83.1 Å². The Bertz CT molecular complexity index is 964. The van der Waals surface area contributed by atoms with Crippen molar-refractivity contribution in [2.45, 2.75) is 82.6 Å². The molecular weight excluding hydrogens is 456 g/mol. The highest BCUT2D eigenvalue weighted by atomic mass is 35.5. The topological polar surface area (TPSA) is 104 Å². The first-order valence-electron chi connectivity index (χ1n) is 12.4. The Labute approximate surface area is 205 Å². The lowest BCUT2D eigenvalue weighted by Crippen LogP contribution is -2.58. The second-order valence-corrected chi connectivity index (χ2v) is 12.3. The average Bonchev–Trinajstić information content (AvgIpc) is 3.18. The summed E-state index contributed by atoms with van der Waals surface area (Å²) in [6.07, 6.45) is 6.43. The van der Waals surface area contributed by atoms with Crippen LogP contribution in [0.15, 0.2) is 12.3 Å². The van der Waals surface area contributed by atoms with E-state index < -0.39 is 11.1 Å². The summed E-state index contributed by atoms with van der Waals surface area (Å²) in [4.78, 5) is 31.9. The summed E-state index contributed by atoms with van der Waals surface area (Å²) in [7, 11) is 0. The Morgan fingerprint density at radius 1 is 1.24 bits per heavy atom. The number of anilines is 1. The maximum atomic E-state index is 13.0. The second-order valence-electron chi connectivity index (χ2n) is 11.9. The van der Waals surface area contributed by atoms with Crippen molar-refractivity contribution in [2.24, 2.45) is 17.8 Å². The Hall–Kier alpha value is -2.06. The van der Waals surface area contributed by atoms with Crippen molar-refractivity contribution in [3.8, 4) is 0 Å². The van der Waals surface area contributed by atoms with E-state index in [2.05, 4.69) is 15.6 Å². The maximum Gasteiger partial charge on any atom is 0.410 e. The number of hydrogen-bond donors (Lipinski definition) is 3. The third-order valence-electron chi connectivity index (χ3n) is 7.77. The third kappa shape index (κ3) is 4.85. The number of aliphatic hydroxyl groups is 1. The largest absolute Gasteiger partial charge is 0.446 e. The number of nitrogens with zero attached hydrogens (tertiary/aromatic N) is 2. The number of rotatable bonds is 4. The Morgan fingerprint density at radius 2 is 1.94 bits per heavy atom. The molecule has 1 aromatic heterocycles. The van der Waals surface area contributed by atoms with E-state index in [9.17, 15) is 14.7 Å². The zero-order valence-electron chi connectivity index (χ0n) is 20.1. The summed E-state index contributed by atoms with van der Waals surface area (Å²) in [6, 6.07) is 1.57. The SMILES string of the molecule is CC(C)(C)NC(=O)c1cc(Cl)cnc1NC1CCN(C(=O)OC2C3CC4CC2CC(O)(C4)C3)C1. The molecule has 34 heavy (non-hydrogen) atoms. The summed E-state index contributed by atoms with van der Waals surface area (Å²) in [5, 5.41) is 17.5. The summed E-state index contributed by atoms with van der Waals surface area (Å²) in [5.74, 6) is 1.34. The number of carbonyl (C=O) groups excluding carboxylic acids is 2. The number of halogens is 1. The van der Waals surface area contributed by atoms with Crippen LogP contribution in [-0.4, -0.2) is 63.4 Å². The molecule has 1 aromatic rings. The third-order valence-corrected chi connectivity index (χ3v) is 7.97. The van der Waals surface area contributed by atoms with Gasteiger partial charge < -0.3 is 25.4 Å². The normalized spacial score (nSPS) is 34.3. The lowest BCUT2D eigenvalue weighted by atomic mass is 9.53. The number of aromatic nitrogens is 1. The molecule has 4 aliphatic carbocycles. The van der Waals surface area contributed by atoms with E-state index in [0.29, 0.717) is 35.4 Å². The van der Waals surface area contributed by atoms with Crippen molar-refractivity contribution in [1.82, 2.24) is 15.2 Å². The first-order chi connectivity index (χ1) is 16.0. The van der Waals surface area contributed by atoms with Gasteiger partial charge >= 0.3 is 6.09 Å². The van der Waals surface area contributed by atoms with Gasteiger partial charge in [-0.1, -0.05) is 11.6 Å². The van der Waals surface area contributed by atoms with Crippen molar-refractivity contribution in [3.63, 3.8) is 0 Å². The summed E-state index contributed by atoms with van der Waals surface area (Å²) in [5.41, 5.74) is -0.544. The van der Waals surface area contributed by atoms with Crippen molar-refractivity contribution < 1.29 is 19.4 Å². The highest BCUT2D eigenvalue weighted by molar-refractivity contribution is 6.31. The molecule has 1 saturated heterocycles. The first-order valence-corrected chi connectivity index (χ1v) is 12.8. The van der Waals surface area contributed by atoms with E-state index in [1.807, 2.05) is 20.8 Å². The summed E-state index contributed by atoms with van der Waals surface area (Å²) >= 11 is 6.11. The zero-order valence-corrected chi connectivity index (χ0v) is 20.9. The minimum Gasteiger partial charge on any atom is -0.446 e. The lowest BCUT2D eigenvalue weighted by Gasteiger charge is -2.57. The number of ether oxygens (including phenoxy) is 1. The predicted octanol–water partition coefficient (Wildman–Crippen LogP) is 3.83. The van der Waals surface area contributed by atoms with E-state index in [1.54, 1.807) is 11.0 Å². The molecule has 5 fully saturated rings. The van der Waals surface area contributed by atoms with E-state index in [0.717, 1.165) is 38.5 Å². The van der Waals surface area contributed by atoms with Gasteiger partial charge in [0.1, 0.15) is 11.9 Å². The first kappa shape index (κ1) is 23.7. The predicted molar refractivity (Wildman–Crippen MR) is 129 cm³/mol. The molecule has 6 rings (SSSR count). The lowest BCUT2D eigenvalue weighted by molar-refractivity contribution is -0.177. The molecule has 2 heterocycles. The van der Waals surface area contributed by atoms with Gasteiger partial charge in [-0.3, -0.25) is 4.79 Å². The summed E-state index contributed by atoms with van der Waals surface area (Å²) < 4.78 is 6.04. The molecule has 4 saturated carbocycles. The molecule has 0 spiro atoms. The van der Waals surface area contributed by atoms with Gasteiger partial charge in [0.15, 0.2) is 0 Å². The second kappa shape index (κ2) is 8.55.